The third-order valence-corrected chi connectivity index (χ3v) is 3.55. The Morgan fingerprint density at radius 3 is 2.50 bits per heavy atom. The maximum atomic E-state index is 12.2. The number of ether oxygens (including phenoxy) is 1. The third kappa shape index (κ3) is 3.93. The highest BCUT2D eigenvalue weighted by Gasteiger charge is 2.19. The summed E-state index contributed by atoms with van der Waals surface area (Å²) in [6, 6.07) is 14.9. The Hall–Kier alpha value is -2.18. The van der Waals surface area contributed by atoms with Crippen molar-refractivity contribution in [3.05, 3.63) is 54.1 Å². The molecule has 0 aliphatic carbocycles. The summed E-state index contributed by atoms with van der Waals surface area (Å²) < 4.78 is 5.27. The first-order chi connectivity index (χ1) is 10.7. The van der Waals surface area contributed by atoms with Gasteiger partial charge in [-0.15, -0.1) is 12.6 Å². The number of rotatable bonds is 6. The topological polar surface area (TPSA) is 62.4 Å². The van der Waals surface area contributed by atoms with Gasteiger partial charge in [0, 0.05) is 24.7 Å². The van der Waals surface area contributed by atoms with Gasteiger partial charge >= 0.3 is 0 Å². The van der Waals surface area contributed by atoms with E-state index in [1.54, 1.807) is 0 Å². The molecule has 1 unspecified atom stereocenters. The van der Waals surface area contributed by atoms with Crippen LogP contribution in [0.1, 0.15) is 11.7 Å². The van der Waals surface area contributed by atoms with Gasteiger partial charge in [-0.25, -0.2) is 0 Å². The van der Waals surface area contributed by atoms with Gasteiger partial charge in [0.15, 0.2) is 6.10 Å². The highest BCUT2D eigenvalue weighted by Crippen LogP contribution is 2.23. The second-order valence-corrected chi connectivity index (χ2v) is 5.10. The number of hydrogen-bond donors (Lipinski definition) is 4. The van der Waals surface area contributed by atoms with Crippen LogP contribution >= 0.6 is 12.6 Å². The normalized spacial score (nSPS) is 11.6. The fourth-order valence-electron chi connectivity index (χ4n) is 2.01. The highest BCUT2D eigenvalue weighted by molar-refractivity contribution is 7.80. The maximum Gasteiger partial charge on any atom is 0.272 e. The van der Waals surface area contributed by atoms with E-state index in [1.165, 1.54) is 7.11 Å². The van der Waals surface area contributed by atoms with Crippen LogP contribution in [0.4, 0.5) is 11.4 Å². The summed E-state index contributed by atoms with van der Waals surface area (Å²) in [4.78, 5) is 13.0. The van der Waals surface area contributed by atoms with Gasteiger partial charge in [-0.05, 0) is 23.8 Å². The molecule has 0 bridgehead atoms. The number of thiol groups is 1. The molecule has 1 amide bonds. The molecule has 1 atom stereocenters. The molecule has 0 radical (unpaired) electrons. The number of amides is 1. The van der Waals surface area contributed by atoms with Gasteiger partial charge in [0.25, 0.3) is 5.91 Å². The van der Waals surface area contributed by atoms with Crippen molar-refractivity contribution in [2.45, 2.75) is 11.0 Å². The Labute approximate surface area is 135 Å². The Bertz CT molecular complexity index is 635. The number of carbonyl (C=O) groups excluding carboxylic acids is 1. The van der Waals surface area contributed by atoms with Gasteiger partial charge in [0.1, 0.15) is 0 Å². The van der Waals surface area contributed by atoms with E-state index in [0.29, 0.717) is 5.69 Å². The fraction of sp³-hybridized carbons (Fsp3) is 0.188. The van der Waals surface area contributed by atoms with E-state index in [1.807, 2.05) is 55.6 Å². The zero-order chi connectivity index (χ0) is 15.9. The molecular weight excluding hydrogens is 298 g/mol. The number of carbonyl (C=O) groups is 1. The lowest BCUT2D eigenvalue weighted by molar-refractivity contribution is -0.130. The predicted octanol–water partition coefficient (Wildman–Crippen LogP) is 2.85. The first kappa shape index (κ1) is 16.2. The average molecular weight is 317 g/mol. The standard InChI is InChI=1S/C16H19N3O2S/c1-17-12-8-9-13(14(22)10-12)18-19-16(20)15(21-2)11-6-4-3-5-7-11/h3-10,15,17-18,22H,1-2H3,(H,19,20). The lowest BCUT2D eigenvalue weighted by atomic mass is 10.1. The molecule has 0 heterocycles. The van der Waals surface area contributed by atoms with Crippen molar-refractivity contribution in [2.75, 3.05) is 24.9 Å². The third-order valence-electron chi connectivity index (χ3n) is 3.18. The smallest absolute Gasteiger partial charge is 0.272 e. The monoisotopic (exact) mass is 317 g/mol. The Balaban J connectivity index is 2.03. The summed E-state index contributed by atoms with van der Waals surface area (Å²) in [6.07, 6.45) is -0.673. The first-order valence-electron chi connectivity index (χ1n) is 6.80. The Morgan fingerprint density at radius 2 is 1.91 bits per heavy atom. The summed E-state index contributed by atoms with van der Waals surface area (Å²) in [7, 11) is 3.34. The largest absolute Gasteiger partial charge is 0.388 e. The molecule has 3 N–H and O–H groups in total. The van der Waals surface area contributed by atoms with Crippen LogP contribution in [0.3, 0.4) is 0 Å². The SMILES string of the molecule is CNc1ccc(NNC(=O)C(OC)c2ccccc2)c(S)c1. The zero-order valence-corrected chi connectivity index (χ0v) is 13.4. The van der Waals surface area contributed by atoms with Crippen LogP contribution in [0.2, 0.25) is 0 Å². The van der Waals surface area contributed by atoms with Crippen LogP contribution in [-0.2, 0) is 9.53 Å². The van der Waals surface area contributed by atoms with Gasteiger partial charge in [0.2, 0.25) is 0 Å². The van der Waals surface area contributed by atoms with Crippen molar-refractivity contribution in [2.24, 2.45) is 0 Å². The molecule has 22 heavy (non-hydrogen) atoms. The van der Waals surface area contributed by atoms with Crippen molar-refractivity contribution in [1.29, 1.82) is 0 Å². The van der Waals surface area contributed by atoms with Gasteiger partial charge in [-0.1, -0.05) is 30.3 Å². The van der Waals surface area contributed by atoms with Crippen molar-refractivity contribution >= 4 is 29.9 Å². The maximum absolute atomic E-state index is 12.2. The van der Waals surface area contributed by atoms with E-state index in [0.717, 1.165) is 16.1 Å². The van der Waals surface area contributed by atoms with Gasteiger partial charge in [0.05, 0.1) is 5.69 Å². The molecule has 0 spiro atoms. The van der Waals surface area contributed by atoms with Crippen LogP contribution in [0, 0.1) is 0 Å². The highest BCUT2D eigenvalue weighted by atomic mass is 32.1. The van der Waals surface area contributed by atoms with Gasteiger partial charge < -0.3 is 10.1 Å². The minimum absolute atomic E-state index is 0.279. The molecule has 0 aliphatic heterocycles. The second kappa shape index (κ2) is 7.72. The predicted molar refractivity (Wildman–Crippen MR) is 91.2 cm³/mol. The first-order valence-corrected chi connectivity index (χ1v) is 7.24. The summed E-state index contributed by atoms with van der Waals surface area (Å²) >= 11 is 4.38. The molecule has 0 saturated carbocycles. The Kier molecular flexibility index (Phi) is 5.68. The van der Waals surface area contributed by atoms with Gasteiger partial charge in [-0.3, -0.25) is 15.6 Å². The van der Waals surface area contributed by atoms with E-state index < -0.39 is 6.10 Å². The summed E-state index contributed by atoms with van der Waals surface area (Å²) in [5, 5.41) is 3.02. The number of hydrogen-bond acceptors (Lipinski definition) is 5. The van der Waals surface area contributed by atoms with Crippen molar-refractivity contribution in [1.82, 2.24) is 5.43 Å². The molecular formula is C16H19N3O2S. The molecule has 116 valence electrons. The van der Waals surface area contributed by atoms with Crippen molar-refractivity contribution in [3.8, 4) is 0 Å². The van der Waals surface area contributed by atoms with Crippen LogP contribution in [0.15, 0.2) is 53.4 Å². The molecule has 0 aromatic heterocycles. The molecule has 0 saturated heterocycles. The average Bonchev–Trinajstić information content (AvgIpc) is 2.55. The lowest BCUT2D eigenvalue weighted by Gasteiger charge is -2.17. The minimum atomic E-state index is -0.673. The van der Waals surface area contributed by atoms with E-state index in [4.69, 9.17) is 4.74 Å². The number of anilines is 2. The van der Waals surface area contributed by atoms with Crippen LogP contribution in [-0.4, -0.2) is 20.1 Å². The molecule has 0 fully saturated rings. The summed E-state index contributed by atoms with van der Waals surface area (Å²) in [5.41, 5.74) is 7.95. The van der Waals surface area contributed by atoms with Gasteiger partial charge in [-0.2, -0.15) is 0 Å². The molecule has 2 aromatic rings. The van der Waals surface area contributed by atoms with Crippen molar-refractivity contribution in [3.63, 3.8) is 0 Å². The molecule has 5 nitrogen and oxygen atoms in total. The van der Waals surface area contributed by atoms with Crippen LogP contribution in [0.25, 0.3) is 0 Å². The zero-order valence-electron chi connectivity index (χ0n) is 12.5. The van der Waals surface area contributed by atoms with Crippen LogP contribution in [0.5, 0.6) is 0 Å². The molecule has 0 aliphatic rings. The fourth-order valence-corrected chi connectivity index (χ4v) is 2.28. The summed E-state index contributed by atoms with van der Waals surface area (Å²) in [5.74, 6) is -0.279. The number of hydrazine groups is 1. The van der Waals surface area contributed by atoms with E-state index >= 15 is 0 Å². The molecule has 6 heteroatoms. The number of nitrogens with one attached hydrogen (secondary N) is 3. The minimum Gasteiger partial charge on any atom is -0.388 e. The quantitative estimate of drug-likeness (QED) is 0.489. The molecule has 2 aromatic carbocycles. The van der Waals surface area contributed by atoms with E-state index in [2.05, 4.69) is 28.8 Å². The second-order valence-electron chi connectivity index (χ2n) is 4.62. The molecule has 2 rings (SSSR count). The van der Waals surface area contributed by atoms with Crippen molar-refractivity contribution < 1.29 is 9.53 Å². The van der Waals surface area contributed by atoms with Crippen LogP contribution < -0.4 is 16.2 Å². The number of methoxy groups -OCH3 is 1. The summed E-state index contributed by atoms with van der Waals surface area (Å²) in [6.45, 7) is 0. The van der Waals surface area contributed by atoms with E-state index in [-0.39, 0.29) is 5.91 Å². The number of benzene rings is 2. The van der Waals surface area contributed by atoms with E-state index in [9.17, 15) is 4.79 Å². The Morgan fingerprint density at radius 1 is 1.18 bits per heavy atom. The lowest BCUT2D eigenvalue weighted by Crippen LogP contribution is -2.34.